The maximum absolute atomic E-state index is 7.20. The molecule has 1 aliphatic heterocycles. The van der Waals surface area contributed by atoms with Crippen LogP contribution < -0.4 is 11.1 Å². The monoisotopic (exact) mass is 186 g/mol. The van der Waals surface area contributed by atoms with Crippen LogP contribution in [0.2, 0.25) is 0 Å². The molecular formula is C8H18N4O. The fourth-order valence-corrected chi connectivity index (χ4v) is 1.53. The van der Waals surface area contributed by atoms with Gasteiger partial charge < -0.3 is 20.7 Å². The quantitative estimate of drug-likeness (QED) is 0.398. The summed E-state index contributed by atoms with van der Waals surface area (Å²) in [6, 6.07) is 0.388. The van der Waals surface area contributed by atoms with Crippen LogP contribution in [0.25, 0.3) is 0 Å². The number of hydrogen-bond acceptors (Lipinski definition) is 3. The normalized spacial score (nSPS) is 27.5. The molecule has 0 aliphatic carbocycles. The van der Waals surface area contributed by atoms with E-state index in [1.807, 2.05) is 7.05 Å². The van der Waals surface area contributed by atoms with Crippen molar-refractivity contribution in [2.75, 3.05) is 27.2 Å². The van der Waals surface area contributed by atoms with Gasteiger partial charge in [-0.1, -0.05) is 0 Å². The van der Waals surface area contributed by atoms with Crippen LogP contribution in [-0.2, 0) is 4.74 Å². The highest BCUT2D eigenvalue weighted by atomic mass is 16.5. The van der Waals surface area contributed by atoms with Gasteiger partial charge in [0.15, 0.2) is 5.96 Å². The van der Waals surface area contributed by atoms with Crippen molar-refractivity contribution in [1.29, 1.82) is 5.41 Å². The molecule has 5 nitrogen and oxygen atoms in total. The average molecular weight is 186 g/mol. The molecule has 1 fully saturated rings. The highest BCUT2D eigenvalue weighted by Gasteiger charge is 2.24. The summed E-state index contributed by atoms with van der Waals surface area (Å²) in [6.07, 6.45) is 1.30. The van der Waals surface area contributed by atoms with Crippen LogP contribution in [0.4, 0.5) is 0 Å². The molecule has 1 saturated heterocycles. The molecule has 1 heterocycles. The third-order valence-corrected chi connectivity index (χ3v) is 2.42. The number of nitrogens with zero attached hydrogens (tertiary/aromatic N) is 1. The molecule has 0 aromatic carbocycles. The van der Waals surface area contributed by atoms with Crippen LogP contribution in [0.5, 0.6) is 0 Å². The Labute approximate surface area is 78.7 Å². The van der Waals surface area contributed by atoms with E-state index in [-0.39, 0.29) is 5.96 Å². The van der Waals surface area contributed by atoms with Crippen molar-refractivity contribution in [2.45, 2.75) is 18.6 Å². The number of hydrogen-bond donors (Lipinski definition) is 3. The number of guanidine groups is 1. The fraction of sp³-hybridized carbons (Fsp3) is 0.875. The standard InChI is InChI=1S/C8H18N4O/c1-12(8(9)10)5-6-3-7(13-2)4-11-6/h6-7,11H,3-5H2,1-2H3,(H3,9,10). The third-order valence-electron chi connectivity index (χ3n) is 2.42. The van der Waals surface area contributed by atoms with E-state index in [4.69, 9.17) is 15.9 Å². The lowest BCUT2D eigenvalue weighted by Crippen LogP contribution is -2.41. The predicted molar refractivity (Wildman–Crippen MR) is 51.7 cm³/mol. The summed E-state index contributed by atoms with van der Waals surface area (Å²) in [5.74, 6) is 0.114. The van der Waals surface area contributed by atoms with Crippen LogP contribution >= 0.6 is 0 Å². The molecule has 1 rings (SSSR count). The first-order chi connectivity index (χ1) is 6.13. The summed E-state index contributed by atoms with van der Waals surface area (Å²) in [5, 5.41) is 10.5. The number of likely N-dealkylation sites (N-methyl/N-ethyl adjacent to an activating group) is 1. The van der Waals surface area contributed by atoms with Crippen molar-refractivity contribution in [3.05, 3.63) is 0 Å². The van der Waals surface area contributed by atoms with E-state index in [9.17, 15) is 0 Å². The lowest BCUT2D eigenvalue weighted by Gasteiger charge is -2.20. The highest BCUT2D eigenvalue weighted by molar-refractivity contribution is 5.74. The second-order valence-electron chi connectivity index (χ2n) is 3.46. The summed E-state index contributed by atoms with van der Waals surface area (Å²) in [5.41, 5.74) is 5.33. The van der Waals surface area contributed by atoms with Crippen molar-refractivity contribution in [2.24, 2.45) is 5.73 Å². The molecular weight excluding hydrogens is 168 g/mol. The maximum atomic E-state index is 7.20. The minimum absolute atomic E-state index is 0.114. The average Bonchev–Trinajstić information content (AvgIpc) is 2.52. The number of nitrogens with one attached hydrogen (secondary N) is 2. The van der Waals surface area contributed by atoms with E-state index in [0.29, 0.717) is 12.1 Å². The van der Waals surface area contributed by atoms with Crippen molar-refractivity contribution >= 4 is 5.96 Å². The first kappa shape index (κ1) is 10.3. The number of methoxy groups -OCH3 is 1. The van der Waals surface area contributed by atoms with Gasteiger partial charge in [0.1, 0.15) is 0 Å². The van der Waals surface area contributed by atoms with Gasteiger partial charge in [-0.3, -0.25) is 5.41 Å². The summed E-state index contributed by atoms with van der Waals surface area (Å²) in [4.78, 5) is 1.73. The van der Waals surface area contributed by atoms with Crippen LogP contribution in [0.15, 0.2) is 0 Å². The van der Waals surface area contributed by atoms with E-state index in [1.54, 1.807) is 12.0 Å². The molecule has 0 bridgehead atoms. The molecule has 0 amide bonds. The Bertz CT molecular complexity index is 185. The van der Waals surface area contributed by atoms with E-state index in [2.05, 4.69) is 5.32 Å². The first-order valence-corrected chi connectivity index (χ1v) is 4.44. The van der Waals surface area contributed by atoms with Crippen molar-refractivity contribution in [3.63, 3.8) is 0 Å². The molecule has 76 valence electrons. The van der Waals surface area contributed by atoms with Crippen molar-refractivity contribution < 1.29 is 4.74 Å². The molecule has 4 N–H and O–H groups in total. The van der Waals surface area contributed by atoms with Gasteiger partial charge in [-0.2, -0.15) is 0 Å². The van der Waals surface area contributed by atoms with E-state index < -0.39 is 0 Å². The Hall–Kier alpha value is -0.810. The third kappa shape index (κ3) is 2.86. The SMILES string of the molecule is COC1CNC(CN(C)C(=N)N)C1. The van der Waals surface area contributed by atoms with Crippen molar-refractivity contribution in [3.8, 4) is 0 Å². The Kier molecular flexibility index (Phi) is 3.50. The predicted octanol–water partition coefficient (Wildman–Crippen LogP) is -0.811. The number of ether oxygens (including phenoxy) is 1. The van der Waals surface area contributed by atoms with Gasteiger partial charge in [0.2, 0.25) is 0 Å². The smallest absolute Gasteiger partial charge is 0.188 e. The molecule has 2 atom stereocenters. The van der Waals surface area contributed by atoms with Crippen LogP contribution in [0, 0.1) is 5.41 Å². The molecule has 1 aliphatic rings. The Morgan fingerprint density at radius 1 is 1.77 bits per heavy atom. The molecule has 13 heavy (non-hydrogen) atoms. The minimum atomic E-state index is 0.114. The lowest BCUT2D eigenvalue weighted by atomic mass is 10.2. The largest absolute Gasteiger partial charge is 0.380 e. The van der Waals surface area contributed by atoms with Gasteiger partial charge in [-0.05, 0) is 6.42 Å². The van der Waals surface area contributed by atoms with Gasteiger partial charge >= 0.3 is 0 Å². The number of nitrogens with two attached hydrogens (primary N) is 1. The zero-order valence-electron chi connectivity index (χ0n) is 8.21. The Morgan fingerprint density at radius 3 is 2.92 bits per heavy atom. The number of rotatable bonds is 3. The van der Waals surface area contributed by atoms with Gasteiger partial charge in [-0.15, -0.1) is 0 Å². The van der Waals surface area contributed by atoms with Gasteiger partial charge in [0, 0.05) is 33.3 Å². The van der Waals surface area contributed by atoms with E-state index in [0.717, 1.165) is 19.5 Å². The van der Waals surface area contributed by atoms with E-state index in [1.165, 1.54) is 0 Å². The van der Waals surface area contributed by atoms with E-state index >= 15 is 0 Å². The highest BCUT2D eigenvalue weighted by Crippen LogP contribution is 2.09. The summed E-state index contributed by atoms with van der Waals surface area (Å²) in [6.45, 7) is 1.67. The first-order valence-electron chi connectivity index (χ1n) is 4.44. The molecule has 2 unspecified atom stereocenters. The van der Waals surface area contributed by atoms with Crippen molar-refractivity contribution in [1.82, 2.24) is 10.2 Å². The summed E-state index contributed by atoms with van der Waals surface area (Å²) in [7, 11) is 3.55. The van der Waals surface area contributed by atoms with Crippen LogP contribution in [0.3, 0.4) is 0 Å². The Balaban J connectivity index is 2.27. The second-order valence-corrected chi connectivity index (χ2v) is 3.46. The topological polar surface area (TPSA) is 74.4 Å². The fourth-order valence-electron chi connectivity index (χ4n) is 1.53. The van der Waals surface area contributed by atoms with Crippen LogP contribution in [0.1, 0.15) is 6.42 Å². The zero-order valence-corrected chi connectivity index (χ0v) is 8.21. The lowest BCUT2D eigenvalue weighted by molar-refractivity contribution is 0.117. The van der Waals surface area contributed by atoms with Gasteiger partial charge in [-0.25, -0.2) is 0 Å². The van der Waals surface area contributed by atoms with Gasteiger partial charge in [0.05, 0.1) is 6.10 Å². The van der Waals surface area contributed by atoms with Gasteiger partial charge in [0.25, 0.3) is 0 Å². The molecule has 0 saturated carbocycles. The summed E-state index contributed by atoms with van der Waals surface area (Å²) < 4.78 is 5.22. The molecule has 0 aromatic heterocycles. The zero-order chi connectivity index (χ0) is 9.84. The van der Waals surface area contributed by atoms with Crippen LogP contribution in [-0.4, -0.2) is 50.3 Å². The molecule has 5 heteroatoms. The molecule has 0 spiro atoms. The Morgan fingerprint density at radius 2 is 2.46 bits per heavy atom. The molecule has 0 radical (unpaired) electrons. The maximum Gasteiger partial charge on any atom is 0.188 e. The summed E-state index contributed by atoms with van der Waals surface area (Å²) >= 11 is 0. The minimum Gasteiger partial charge on any atom is -0.380 e. The second kappa shape index (κ2) is 4.43. The molecule has 0 aromatic rings.